The second-order valence-electron chi connectivity index (χ2n) is 5.84. The maximum absolute atomic E-state index is 13.7. The van der Waals surface area contributed by atoms with Crippen molar-refractivity contribution < 1.29 is 35.5 Å². The monoisotopic (exact) mass is 360 g/mol. The lowest BCUT2D eigenvalue weighted by atomic mass is 9.86. The Hall–Kier alpha value is -1.31. The van der Waals surface area contributed by atoms with Crippen molar-refractivity contribution >= 4 is 0 Å². The molecule has 0 N–H and O–H groups in total. The largest absolute Gasteiger partial charge is 0.459 e. The Morgan fingerprint density at radius 2 is 1.42 bits per heavy atom. The fraction of sp³-hybridized carbons (Fsp3) is 0.625. The van der Waals surface area contributed by atoms with Crippen molar-refractivity contribution in [3.8, 4) is 0 Å². The van der Waals surface area contributed by atoms with Crippen molar-refractivity contribution in [2.45, 2.75) is 56.7 Å². The van der Waals surface area contributed by atoms with Gasteiger partial charge < -0.3 is 4.74 Å². The number of hydrogen-bond acceptors (Lipinski definition) is 1. The zero-order valence-corrected chi connectivity index (χ0v) is 13.5. The van der Waals surface area contributed by atoms with E-state index < -0.39 is 30.0 Å². The van der Waals surface area contributed by atoms with Gasteiger partial charge in [-0.1, -0.05) is 37.6 Å². The molecule has 1 nitrogen and oxygen atoms in total. The molecule has 138 valence electrons. The number of rotatable bonds is 7. The van der Waals surface area contributed by atoms with Crippen LogP contribution in [0.25, 0.3) is 0 Å². The normalized spacial score (nSPS) is 16.1. The van der Waals surface area contributed by atoms with Gasteiger partial charge in [0, 0.05) is 7.11 Å². The first kappa shape index (κ1) is 20.7. The van der Waals surface area contributed by atoms with E-state index in [1.54, 1.807) is 12.1 Å². The zero-order valence-electron chi connectivity index (χ0n) is 13.5. The van der Waals surface area contributed by atoms with Gasteiger partial charge in [-0.3, -0.25) is 0 Å². The molecule has 8 heteroatoms. The number of hydrogen-bond donors (Lipinski definition) is 0. The standard InChI is InChI=1S/C16H19F7O/c1-4-5-11-6-8-12(9-7-11)13(2,24-3)10-14(17,18)15(19,20)16(21,22)23/h6-9H,4-5,10H2,1-3H3. The Morgan fingerprint density at radius 3 is 1.79 bits per heavy atom. The van der Waals surface area contributed by atoms with Crippen LogP contribution in [-0.2, 0) is 16.8 Å². The summed E-state index contributed by atoms with van der Waals surface area (Å²) >= 11 is 0. The molecule has 24 heavy (non-hydrogen) atoms. The van der Waals surface area contributed by atoms with Crippen LogP contribution in [0.15, 0.2) is 24.3 Å². The summed E-state index contributed by atoms with van der Waals surface area (Å²) in [6.07, 6.45) is -6.59. The van der Waals surface area contributed by atoms with Crippen molar-refractivity contribution in [1.82, 2.24) is 0 Å². The Balaban J connectivity index is 3.15. The quantitative estimate of drug-likeness (QED) is 0.565. The number of methoxy groups -OCH3 is 1. The van der Waals surface area contributed by atoms with E-state index in [0.29, 0.717) is 0 Å². The minimum atomic E-state index is -6.35. The lowest BCUT2D eigenvalue weighted by molar-refractivity contribution is -0.361. The minimum absolute atomic E-state index is 0.0995. The highest BCUT2D eigenvalue weighted by Crippen LogP contribution is 2.51. The molecule has 1 unspecified atom stereocenters. The summed E-state index contributed by atoms with van der Waals surface area (Å²) in [5.74, 6) is -11.5. The molecule has 0 heterocycles. The van der Waals surface area contributed by atoms with Gasteiger partial charge in [0.1, 0.15) is 0 Å². The summed E-state index contributed by atoms with van der Waals surface area (Å²) in [6, 6.07) is 6.01. The average Bonchev–Trinajstić information content (AvgIpc) is 2.46. The Labute approximate surface area is 135 Å². The van der Waals surface area contributed by atoms with Gasteiger partial charge in [0.15, 0.2) is 0 Å². The van der Waals surface area contributed by atoms with Gasteiger partial charge in [-0.15, -0.1) is 0 Å². The maximum atomic E-state index is 13.7. The van der Waals surface area contributed by atoms with E-state index in [0.717, 1.165) is 32.4 Å². The summed E-state index contributed by atoms with van der Waals surface area (Å²) in [6.45, 7) is 3.00. The van der Waals surface area contributed by atoms with Gasteiger partial charge in [-0.25, -0.2) is 0 Å². The molecule has 1 aromatic carbocycles. The topological polar surface area (TPSA) is 9.23 Å². The van der Waals surface area contributed by atoms with Crippen LogP contribution in [0.4, 0.5) is 30.7 Å². The fourth-order valence-electron chi connectivity index (χ4n) is 2.35. The first-order valence-electron chi connectivity index (χ1n) is 7.27. The molecule has 1 rings (SSSR count). The third-order valence-corrected chi connectivity index (χ3v) is 3.93. The van der Waals surface area contributed by atoms with Gasteiger partial charge in [0.05, 0.1) is 12.0 Å². The molecule has 0 aromatic heterocycles. The number of benzene rings is 1. The highest BCUT2D eigenvalue weighted by molar-refractivity contribution is 5.27. The predicted octanol–water partition coefficient (Wildman–Crippen LogP) is 5.72. The summed E-state index contributed by atoms with van der Waals surface area (Å²) < 4.78 is 95.4. The van der Waals surface area contributed by atoms with Gasteiger partial charge in [-0.2, -0.15) is 30.7 Å². The van der Waals surface area contributed by atoms with Gasteiger partial charge in [0.25, 0.3) is 0 Å². The van der Waals surface area contributed by atoms with E-state index in [-0.39, 0.29) is 5.56 Å². The second kappa shape index (κ2) is 6.90. The van der Waals surface area contributed by atoms with E-state index in [1.165, 1.54) is 12.1 Å². The molecule has 0 aliphatic heterocycles. The molecule has 0 amide bonds. The highest BCUT2D eigenvalue weighted by atomic mass is 19.4. The summed E-state index contributed by atoms with van der Waals surface area (Å²) in [4.78, 5) is 0. The fourth-order valence-corrected chi connectivity index (χ4v) is 2.35. The van der Waals surface area contributed by atoms with Crippen LogP contribution in [0, 0.1) is 0 Å². The molecule has 0 radical (unpaired) electrons. The minimum Gasteiger partial charge on any atom is -0.374 e. The first-order chi connectivity index (χ1) is 10.8. The molecule has 0 spiro atoms. The number of aryl methyl sites for hydroxylation is 1. The Bertz CT molecular complexity index is 536. The van der Waals surface area contributed by atoms with Crippen molar-refractivity contribution in [2.75, 3.05) is 7.11 Å². The van der Waals surface area contributed by atoms with Crippen LogP contribution < -0.4 is 0 Å². The highest BCUT2D eigenvalue weighted by Gasteiger charge is 2.73. The van der Waals surface area contributed by atoms with Crippen molar-refractivity contribution in [2.24, 2.45) is 0 Å². The van der Waals surface area contributed by atoms with E-state index in [1.807, 2.05) is 6.92 Å². The molecule has 0 fully saturated rings. The number of ether oxygens (including phenoxy) is 1. The van der Waals surface area contributed by atoms with Crippen LogP contribution in [0.3, 0.4) is 0 Å². The first-order valence-corrected chi connectivity index (χ1v) is 7.27. The van der Waals surface area contributed by atoms with Crippen LogP contribution in [0.2, 0.25) is 0 Å². The smallest absolute Gasteiger partial charge is 0.374 e. The number of alkyl halides is 7. The van der Waals surface area contributed by atoms with Crippen molar-refractivity contribution in [3.63, 3.8) is 0 Å². The molecular formula is C16H19F7O. The van der Waals surface area contributed by atoms with Gasteiger partial charge >= 0.3 is 18.0 Å². The van der Waals surface area contributed by atoms with E-state index in [4.69, 9.17) is 4.74 Å². The van der Waals surface area contributed by atoms with Gasteiger partial charge in [0.2, 0.25) is 0 Å². The SMILES string of the molecule is CCCc1ccc(C(C)(CC(F)(F)C(F)(F)C(F)(F)F)OC)cc1. The zero-order chi connectivity index (χ0) is 18.8. The van der Waals surface area contributed by atoms with Crippen molar-refractivity contribution in [1.29, 1.82) is 0 Å². The third-order valence-electron chi connectivity index (χ3n) is 3.93. The predicted molar refractivity (Wildman–Crippen MR) is 75.4 cm³/mol. The number of halogens is 7. The van der Waals surface area contributed by atoms with Crippen LogP contribution >= 0.6 is 0 Å². The summed E-state index contributed by atoms with van der Waals surface area (Å²) in [7, 11) is 0.988. The molecule has 0 saturated carbocycles. The second-order valence-corrected chi connectivity index (χ2v) is 5.84. The van der Waals surface area contributed by atoms with Gasteiger partial charge in [-0.05, 0) is 24.5 Å². The molecule has 0 aliphatic carbocycles. The lowest BCUT2D eigenvalue weighted by Crippen LogP contribution is -2.54. The molecule has 0 saturated heterocycles. The average molecular weight is 360 g/mol. The van der Waals surface area contributed by atoms with Crippen LogP contribution in [-0.4, -0.2) is 25.1 Å². The molecule has 1 atom stereocenters. The Morgan fingerprint density at radius 1 is 0.917 bits per heavy atom. The summed E-state index contributed by atoms with van der Waals surface area (Å²) in [5.41, 5.74) is -1.00. The maximum Gasteiger partial charge on any atom is 0.459 e. The van der Waals surface area contributed by atoms with E-state index in [2.05, 4.69) is 0 Å². The summed E-state index contributed by atoms with van der Waals surface area (Å²) in [5, 5.41) is 0. The molecular weight excluding hydrogens is 341 g/mol. The Kier molecular flexibility index (Phi) is 5.96. The lowest BCUT2D eigenvalue weighted by Gasteiger charge is -2.36. The molecule has 0 bridgehead atoms. The van der Waals surface area contributed by atoms with Crippen LogP contribution in [0.1, 0.15) is 37.8 Å². The van der Waals surface area contributed by atoms with Crippen LogP contribution in [0.5, 0.6) is 0 Å². The van der Waals surface area contributed by atoms with E-state index in [9.17, 15) is 30.7 Å². The third kappa shape index (κ3) is 4.02. The van der Waals surface area contributed by atoms with Crippen molar-refractivity contribution in [3.05, 3.63) is 35.4 Å². The molecule has 1 aromatic rings. The van der Waals surface area contributed by atoms with E-state index >= 15 is 0 Å². The molecule has 0 aliphatic rings.